The van der Waals surface area contributed by atoms with Gasteiger partial charge in [0.25, 0.3) is 0 Å². The highest BCUT2D eigenvalue weighted by atomic mass is 16.5. The first kappa shape index (κ1) is 16.5. The lowest BCUT2D eigenvalue weighted by molar-refractivity contribution is 0.197. The molecular formula is C17H14O8. The summed E-state index contributed by atoms with van der Waals surface area (Å²) in [6.07, 6.45) is 0. The lowest BCUT2D eigenvalue weighted by atomic mass is 10.1. The molecule has 0 aliphatic carbocycles. The Morgan fingerprint density at radius 3 is 2.48 bits per heavy atom. The summed E-state index contributed by atoms with van der Waals surface area (Å²) in [5, 5.41) is 47.8. The second-order valence-electron chi connectivity index (χ2n) is 5.20. The molecule has 1 heterocycles. The minimum absolute atomic E-state index is 0.0208. The summed E-state index contributed by atoms with van der Waals surface area (Å²) < 4.78 is 10.6. The molecule has 0 saturated heterocycles. The molecule has 0 spiro atoms. The highest BCUT2D eigenvalue weighted by Crippen LogP contribution is 2.38. The van der Waals surface area contributed by atoms with Gasteiger partial charge in [0.15, 0.2) is 17.3 Å². The fourth-order valence-electron chi connectivity index (χ4n) is 2.40. The van der Waals surface area contributed by atoms with Crippen LogP contribution in [-0.4, -0.2) is 38.7 Å². The molecule has 0 amide bonds. The smallest absolute Gasteiger partial charge is 0.238 e. The molecule has 0 radical (unpaired) electrons. The Hall–Kier alpha value is -3.39. The van der Waals surface area contributed by atoms with Crippen LogP contribution in [0.5, 0.6) is 28.7 Å². The molecule has 5 N–H and O–H groups in total. The van der Waals surface area contributed by atoms with Crippen molar-refractivity contribution in [3.05, 3.63) is 40.6 Å². The van der Waals surface area contributed by atoms with E-state index in [0.717, 1.165) is 12.1 Å². The number of fused-ring (bicyclic) bond motifs is 1. The highest BCUT2D eigenvalue weighted by molar-refractivity contribution is 5.88. The van der Waals surface area contributed by atoms with E-state index in [0.29, 0.717) is 0 Å². The Balaban J connectivity index is 2.22. The highest BCUT2D eigenvalue weighted by Gasteiger charge is 2.19. The van der Waals surface area contributed by atoms with Crippen LogP contribution in [0.1, 0.15) is 0 Å². The molecular weight excluding hydrogens is 332 g/mol. The van der Waals surface area contributed by atoms with Crippen LogP contribution in [0.15, 0.2) is 39.5 Å². The summed E-state index contributed by atoms with van der Waals surface area (Å²) in [5.74, 6) is -1.99. The van der Waals surface area contributed by atoms with Gasteiger partial charge in [-0.3, -0.25) is 4.79 Å². The van der Waals surface area contributed by atoms with E-state index in [1.165, 1.54) is 18.2 Å². The Morgan fingerprint density at radius 2 is 1.76 bits per heavy atom. The molecule has 0 bridgehead atoms. The zero-order valence-electron chi connectivity index (χ0n) is 12.8. The van der Waals surface area contributed by atoms with Crippen molar-refractivity contribution in [3.8, 4) is 40.1 Å². The molecule has 0 unspecified atom stereocenters. The fourth-order valence-corrected chi connectivity index (χ4v) is 2.40. The number of hydrogen-bond acceptors (Lipinski definition) is 8. The molecule has 0 saturated carbocycles. The molecule has 8 nitrogen and oxygen atoms in total. The van der Waals surface area contributed by atoms with E-state index in [1.54, 1.807) is 0 Å². The van der Waals surface area contributed by atoms with Crippen LogP contribution in [-0.2, 0) is 0 Å². The van der Waals surface area contributed by atoms with E-state index in [4.69, 9.17) is 14.3 Å². The number of aliphatic hydroxyl groups excluding tert-OH is 1. The number of ether oxygens (including phenoxy) is 1. The standard InChI is InChI=1S/C17H14O8/c18-3-4-24-12-5-8(1-2-10(12)20)17-16(23)15(22)14-11(21)6-9(19)7-13(14)25-17/h1-2,5-7,18-21,23H,3-4H2. The number of phenols is 3. The summed E-state index contributed by atoms with van der Waals surface area (Å²) in [6, 6.07) is 6.06. The maximum Gasteiger partial charge on any atom is 0.238 e. The summed E-state index contributed by atoms with van der Waals surface area (Å²) in [7, 11) is 0. The Bertz CT molecular complexity index is 1010. The van der Waals surface area contributed by atoms with Gasteiger partial charge in [0.1, 0.15) is 29.1 Å². The molecule has 25 heavy (non-hydrogen) atoms. The van der Waals surface area contributed by atoms with E-state index < -0.39 is 16.9 Å². The van der Waals surface area contributed by atoms with Crippen molar-refractivity contribution < 1.29 is 34.7 Å². The molecule has 0 atom stereocenters. The van der Waals surface area contributed by atoms with Gasteiger partial charge < -0.3 is 34.7 Å². The largest absolute Gasteiger partial charge is 0.508 e. The number of hydrogen-bond donors (Lipinski definition) is 5. The first-order valence-corrected chi connectivity index (χ1v) is 7.21. The van der Waals surface area contributed by atoms with Gasteiger partial charge in [0.2, 0.25) is 11.2 Å². The number of aromatic hydroxyl groups is 4. The van der Waals surface area contributed by atoms with E-state index >= 15 is 0 Å². The second kappa shape index (κ2) is 6.25. The molecule has 1 aromatic heterocycles. The summed E-state index contributed by atoms with van der Waals surface area (Å²) in [4.78, 5) is 12.3. The average Bonchev–Trinajstić information content (AvgIpc) is 2.57. The van der Waals surface area contributed by atoms with E-state index in [1.807, 2.05) is 0 Å². The van der Waals surface area contributed by atoms with Gasteiger partial charge in [0, 0.05) is 17.7 Å². The van der Waals surface area contributed by atoms with E-state index in [2.05, 4.69) is 0 Å². The normalized spacial score (nSPS) is 10.9. The van der Waals surface area contributed by atoms with Gasteiger partial charge in [-0.15, -0.1) is 0 Å². The zero-order chi connectivity index (χ0) is 18.1. The maximum absolute atomic E-state index is 12.3. The maximum atomic E-state index is 12.3. The topological polar surface area (TPSA) is 141 Å². The van der Waals surface area contributed by atoms with Gasteiger partial charge in [-0.25, -0.2) is 0 Å². The van der Waals surface area contributed by atoms with Crippen LogP contribution in [0.25, 0.3) is 22.3 Å². The van der Waals surface area contributed by atoms with Crippen molar-refractivity contribution in [1.29, 1.82) is 0 Å². The second-order valence-corrected chi connectivity index (χ2v) is 5.20. The predicted molar refractivity (Wildman–Crippen MR) is 87.2 cm³/mol. The molecule has 0 aliphatic rings. The van der Waals surface area contributed by atoms with Gasteiger partial charge in [-0.05, 0) is 18.2 Å². The van der Waals surface area contributed by atoms with Gasteiger partial charge in [-0.1, -0.05) is 0 Å². The third-order valence-electron chi connectivity index (χ3n) is 3.51. The van der Waals surface area contributed by atoms with E-state index in [9.17, 15) is 25.2 Å². The van der Waals surface area contributed by atoms with Crippen LogP contribution >= 0.6 is 0 Å². The Labute approximate surface area is 140 Å². The molecule has 2 aromatic carbocycles. The van der Waals surface area contributed by atoms with Crippen LogP contribution in [0, 0.1) is 0 Å². The van der Waals surface area contributed by atoms with Gasteiger partial charge >= 0.3 is 0 Å². The van der Waals surface area contributed by atoms with Crippen LogP contribution < -0.4 is 10.2 Å². The minimum atomic E-state index is -0.875. The van der Waals surface area contributed by atoms with Crippen molar-refractivity contribution in [3.63, 3.8) is 0 Å². The first-order chi connectivity index (χ1) is 11.9. The molecule has 8 heteroatoms. The van der Waals surface area contributed by atoms with Crippen molar-refractivity contribution in [2.24, 2.45) is 0 Å². The molecule has 130 valence electrons. The Morgan fingerprint density at radius 1 is 1.00 bits per heavy atom. The SMILES string of the molecule is O=c1c(O)c(-c2ccc(O)c(OCCO)c2)oc2cc(O)cc(O)c12. The van der Waals surface area contributed by atoms with Crippen molar-refractivity contribution in [2.45, 2.75) is 0 Å². The van der Waals surface area contributed by atoms with Crippen molar-refractivity contribution >= 4 is 11.0 Å². The number of phenolic OH excluding ortho intramolecular Hbond substituents is 3. The first-order valence-electron chi connectivity index (χ1n) is 7.21. The third-order valence-corrected chi connectivity index (χ3v) is 3.51. The minimum Gasteiger partial charge on any atom is -0.508 e. The van der Waals surface area contributed by atoms with Gasteiger partial charge in [0.05, 0.1) is 6.61 Å². The summed E-state index contributed by atoms with van der Waals surface area (Å²) in [6.45, 7) is -0.328. The molecule has 3 aromatic rings. The molecule has 0 fully saturated rings. The Kier molecular flexibility index (Phi) is 4.12. The van der Waals surface area contributed by atoms with E-state index in [-0.39, 0.29) is 52.8 Å². The molecule has 0 aliphatic heterocycles. The van der Waals surface area contributed by atoms with Crippen LogP contribution in [0.3, 0.4) is 0 Å². The monoisotopic (exact) mass is 346 g/mol. The van der Waals surface area contributed by atoms with Crippen LogP contribution in [0.2, 0.25) is 0 Å². The van der Waals surface area contributed by atoms with Crippen LogP contribution in [0.4, 0.5) is 0 Å². The molecule has 3 rings (SSSR count). The zero-order valence-corrected chi connectivity index (χ0v) is 12.8. The summed E-state index contributed by atoms with van der Waals surface area (Å²) in [5.41, 5.74) is -0.786. The lowest BCUT2D eigenvalue weighted by Crippen LogP contribution is -2.04. The van der Waals surface area contributed by atoms with Gasteiger partial charge in [-0.2, -0.15) is 0 Å². The number of rotatable bonds is 4. The third kappa shape index (κ3) is 2.90. The fraction of sp³-hybridized carbons (Fsp3) is 0.118. The summed E-state index contributed by atoms with van der Waals surface area (Å²) >= 11 is 0. The van der Waals surface area contributed by atoms with Crippen molar-refractivity contribution in [2.75, 3.05) is 13.2 Å². The quantitative estimate of drug-likeness (QED) is 0.480. The average molecular weight is 346 g/mol. The van der Waals surface area contributed by atoms with Crippen molar-refractivity contribution in [1.82, 2.24) is 0 Å². The lowest BCUT2D eigenvalue weighted by Gasteiger charge is -2.10. The predicted octanol–water partition coefficient (Wildman–Crippen LogP) is 1.65. The number of benzene rings is 2. The number of aliphatic hydroxyl groups is 1.